The number of nitrogens with one attached hydrogen (secondary N) is 2. The van der Waals surface area contributed by atoms with E-state index in [9.17, 15) is 14.3 Å². The van der Waals surface area contributed by atoms with E-state index in [-0.39, 0.29) is 6.54 Å². The molecule has 0 bridgehead atoms. The molecule has 2 aromatic rings. The number of aliphatic hydroxyl groups is 1. The number of halogens is 1. The molecule has 0 aliphatic heterocycles. The number of urea groups is 1. The van der Waals surface area contributed by atoms with E-state index in [1.165, 1.54) is 36.5 Å². The maximum atomic E-state index is 13.2. The molecule has 1 heterocycles. The summed E-state index contributed by atoms with van der Waals surface area (Å²) in [5, 5.41) is 17.5. The average Bonchev–Trinajstić information content (AvgIpc) is 2.82. The first-order valence-corrected chi connectivity index (χ1v) is 7.34. The van der Waals surface area contributed by atoms with Crippen LogP contribution in [-0.4, -0.2) is 17.7 Å². The molecular formula is C15H17FN2O2S. The molecule has 0 aliphatic rings. The van der Waals surface area contributed by atoms with Crippen molar-refractivity contribution >= 4 is 23.1 Å². The Morgan fingerprint density at radius 1 is 1.43 bits per heavy atom. The second-order valence-electron chi connectivity index (χ2n) is 4.98. The first-order valence-electron chi connectivity index (χ1n) is 6.46. The van der Waals surface area contributed by atoms with Gasteiger partial charge in [-0.15, -0.1) is 11.3 Å². The number of aryl methyl sites for hydroxylation is 1. The molecule has 3 N–H and O–H groups in total. The van der Waals surface area contributed by atoms with Gasteiger partial charge in [-0.3, -0.25) is 0 Å². The molecule has 2 rings (SSSR count). The smallest absolute Gasteiger partial charge is 0.319 e. The van der Waals surface area contributed by atoms with Crippen LogP contribution >= 0.6 is 11.3 Å². The minimum Gasteiger partial charge on any atom is -0.384 e. The van der Waals surface area contributed by atoms with Crippen LogP contribution in [0.3, 0.4) is 0 Å². The van der Waals surface area contributed by atoms with Gasteiger partial charge in [0.25, 0.3) is 0 Å². The molecule has 1 unspecified atom stereocenters. The number of hydrogen-bond acceptors (Lipinski definition) is 3. The first kappa shape index (κ1) is 15.5. The Bertz CT molecular complexity index is 640. The normalized spacial score (nSPS) is 13.5. The maximum Gasteiger partial charge on any atom is 0.319 e. The van der Waals surface area contributed by atoms with Crippen molar-refractivity contribution < 1.29 is 14.3 Å². The van der Waals surface area contributed by atoms with Crippen molar-refractivity contribution in [2.24, 2.45) is 0 Å². The van der Waals surface area contributed by atoms with Crippen molar-refractivity contribution in [3.63, 3.8) is 0 Å². The molecule has 1 atom stereocenters. The Hall–Kier alpha value is -1.92. The summed E-state index contributed by atoms with van der Waals surface area (Å²) in [4.78, 5) is 12.8. The minimum atomic E-state index is -1.34. The summed E-state index contributed by atoms with van der Waals surface area (Å²) in [6.07, 6.45) is 0. The molecule has 1 aromatic carbocycles. The Labute approximate surface area is 126 Å². The van der Waals surface area contributed by atoms with Crippen LogP contribution < -0.4 is 10.6 Å². The molecule has 0 aliphatic carbocycles. The summed E-state index contributed by atoms with van der Waals surface area (Å²) >= 11 is 1.53. The number of rotatable bonds is 4. The fraction of sp³-hybridized carbons (Fsp3) is 0.267. The lowest BCUT2D eigenvalue weighted by Gasteiger charge is -2.24. The van der Waals surface area contributed by atoms with E-state index in [1.807, 2.05) is 18.4 Å². The lowest BCUT2D eigenvalue weighted by Crippen LogP contribution is -2.40. The molecule has 1 aromatic heterocycles. The van der Waals surface area contributed by atoms with E-state index in [4.69, 9.17) is 0 Å². The average molecular weight is 308 g/mol. The van der Waals surface area contributed by atoms with Crippen LogP contribution in [0.1, 0.15) is 17.4 Å². The van der Waals surface area contributed by atoms with Gasteiger partial charge in [0.05, 0.1) is 12.2 Å². The summed E-state index contributed by atoms with van der Waals surface area (Å²) in [6, 6.07) is 7.10. The third kappa shape index (κ3) is 4.03. The molecule has 0 radical (unpaired) electrons. The van der Waals surface area contributed by atoms with Gasteiger partial charge in [0.1, 0.15) is 11.4 Å². The van der Waals surface area contributed by atoms with Gasteiger partial charge in [0.2, 0.25) is 0 Å². The van der Waals surface area contributed by atoms with E-state index in [1.54, 1.807) is 6.07 Å². The predicted molar refractivity (Wildman–Crippen MR) is 82.0 cm³/mol. The zero-order valence-corrected chi connectivity index (χ0v) is 12.6. The summed E-state index contributed by atoms with van der Waals surface area (Å²) in [5.74, 6) is -0.425. The summed E-state index contributed by atoms with van der Waals surface area (Å²) in [6.45, 7) is 3.41. The number of benzene rings is 1. The number of amides is 2. The lowest BCUT2D eigenvalue weighted by atomic mass is 9.96. The monoisotopic (exact) mass is 308 g/mol. The molecular weight excluding hydrogens is 291 g/mol. The van der Waals surface area contributed by atoms with Gasteiger partial charge in [-0.2, -0.15) is 0 Å². The highest BCUT2D eigenvalue weighted by atomic mass is 32.1. The lowest BCUT2D eigenvalue weighted by molar-refractivity contribution is 0.0596. The van der Waals surface area contributed by atoms with E-state index < -0.39 is 17.4 Å². The largest absolute Gasteiger partial charge is 0.384 e. The molecule has 0 fully saturated rings. The molecule has 0 saturated carbocycles. The second kappa shape index (κ2) is 6.24. The van der Waals surface area contributed by atoms with Gasteiger partial charge in [0.15, 0.2) is 0 Å². The van der Waals surface area contributed by atoms with E-state index in [0.717, 1.165) is 10.6 Å². The molecule has 0 spiro atoms. The third-order valence-electron chi connectivity index (χ3n) is 3.15. The number of hydrogen-bond donors (Lipinski definition) is 3. The van der Waals surface area contributed by atoms with Crippen molar-refractivity contribution in [1.29, 1.82) is 0 Å². The minimum absolute atomic E-state index is 0.0223. The van der Waals surface area contributed by atoms with Crippen LogP contribution in [0.25, 0.3) is 0 Å². The van der Waals surface area contributed by atoms with Crippen LogP contribution in [0, 0.1) is 12.7 Å². The predicted octanol–water partition coefficient (Wildman–Crippen LogP) is 3.22. The van der Waals surface area contributed by atoms with Gasteiger partial charge >= 0.3 is 6.03 Å². The van der Waals surface area contributed by atoms with E-state index in [0.29, 0.717) is 5.56 Å². The highest BCUT2D eigenvalue weighted by Crippen LogP contribution is 2.22. The fourth-order valence-corrected chi connectivity index (χ4v) is 2.51. The van der Waals surface area contributed by atoms with Crippen LogP contribution in [0.15, 0.2) is 35.7 Å². The van der Waals surface area contributed by atoms with Crippen molar-refractivity contribution in [2.75, 3.05) is 11.9 Å². The van der Waals surface area contributed by atoms with Crippen LogP contribution in [-0.2, 0) is 5.60 Å². The first-order chi connectivity index (χ1) is 9.88. The zero-order chi connectivity index (χ0) is 15.5. The van der Waals surface area contributed by atoms with Crippen LogP contribution in [0.5, 0.6) is 0 Å². The van der Waals surface area contributed by atoms with Crippen molar-refractivity contribution in [3.05, 3.63) is 52.0 Å². The van der Waals surface area contributed by atoms with Crippen molar-refractivity contribution in [2.45, 2.75) is 19.4 Å². The van der Waals surface area contributed by atoms with Crippen molar-refractivity contribution in [3.8, 4) is 0 Å². The number of carbonyl (C=O) groups excluding carboxylic acids is 1. The third-order valence-corrected chi connectivity index (χ3v) is 3.99. The number of thiophene rings is 1. The SMILES string of the molecule is Cc1sccc1NC(=O)NCC(C)(O)c1cccc(F)c1. The van der Waals surface area contributed by atoms with Gasteiger partial charge < -0.3 is 15.7 Å². The molecule has 112 valence electrons. The van der Waals surface area contributed by atoms with E-state index >= 15 is 0 Å². The van der Waals surface area contributed by atoms with Gasteiger partial charge in [-0.25, -0.2) is 9.18 Å². The highest BCUT2D eigenvalue weighted by Gasteiger charge is 2.24. The molecule has 4 nitrogen and oxygen atoms in total. The summed E-state index contributed by atoms with van der Waals surface area (Å²) < 4.78 is 13.2. The topological polar surface area (TPSA) is 61.4 Å². The standard InChI is InChI=1S/C15H17FN2O2S/c1-10-13(6-7-21-10)18-14(19)17-9-15(2,20)11-4-3-5-12(16)8-11/h3-8,20H,9H2,1-2H3,(H2,17,18,19). The molecule has 2 amide bonds. The maximum absolute atomic E-state index is 13.2. The molecule has 0 saturated heterocycles. The number of carbonyl (C=O) groups is 1. The Balaban J connectivity index is 1.95. The van der Waals surface area contributed by atoms with E-state index in [2.05, 4.69) is 10.6 Å². The van der Waals surface area contributed by atoms with Crippen LogP contribution in [0.4, 0.5) is 14.9 Å². The quantitative estimate of drug-likeness (QED) is 0.812. The molecule has 21 heavy (non-hydrogen) atoms. The fourth-order valence-electron chi connectivity index (χ4n) is 1.86. The second-order valence-corrected chi connectivity index (χ2v) is 6.10. The summed E-state index contributed by atoms with van der Waals surface area (Å²) in [5.41, 5.74) is -0.194. The number of anilines is 1. The van der Waals surface area contributed by atoms with Crippen LogP contribution in [0.2, 0.25) is 0 Å². The molecule has 6 heteroatoms. The summed E-state index contributed by atoms with van der Waals surface area (Å²) in [7, 11) is 0. The highest BCUT2D eigenvalue weighted by molar-refractivity contribution is 7.10. The zero-order valence-electron chi connectivity index (χ0n) is 11.8. The van der Waals surface area contributed by atoms with Gasteiger partial charge in [0, 0.05) is 4.88 Å². The van der Waals surface area contributed by atoms with Gasteiger partial charge in [-0.1, -0.05) is 12.1 Å². The Kier molecular flexibility index (Phi) is 4.59. The Morgan fingerprint density at radius 3 is 2.81 bits per heavy atom. The Morgan fingerprint density at radius 2 is 2.19 bits per heavy atom. The van der Waals surface area contributed by atoms with Crippen molar-refractivity contribution in [1.82, 2.24) is 5.32 Å². The van der Waals surface area contributed by atoms with Gasteiger partial charge in [-0.05, 0) is 43.0 Å².